The molecule has 1 heterocycles. The number of carbonyl (C=O) groups is 2. The topological polar surface area (TPSA) is 136 Å². The molecule has 61 heavy (non-hydrogen) atoms. The summed E-state index contributed by atoms with van der Waals surface area (Å²) in [5.74, 6) is 0.0386. The number of methoxy groups -OCH3 is 1. The number of oxime groups is 1. The van der Waals surface area contributed by atoms with Crippen molar-refractivity contribution in [3.63, 3.8) is 0 Å². The Morgan fingerprint density at radius 2 is 1.70 bits per heavy atom. The van der Waals surface area contributed by atoms with Crippen molar-refractivity contribution in [1.29, 1.82) is 0 Å². The van der Waals surface area contributed by atoms with E-state index in [2.05, 4.69) is 19.6 Å². The summed E-state index contributed by atoms with van der Waals surface area (Å²) in [6.07, 6.45) is 10.4. The van der Waals surface area contributed by atoms with Gasteiger partial charge in [-0.25, -0.2) is 0 Å². The van der Waals surface area contributed by atoms with Crippen LogP contribution < -0.4 is 14.2 Å². The molecule has 322 valence electrons. The predicted molar refractivity (Wildman–Crippen MR) is 236 cm³/mol. The number of benzene rings is 4. The number of carbonyl (C=O) groups excluding carboxylic acids is 2. The van der Waals surface area contributed by atoms with Crippen LogP contribution in [0.25, 0.3) is 10.8 Å². The van der Waals surface area contributed by atoms with E-state index in [1.165, 1.54) is 7.11 Å². The summed E-state index contributed by atoms with van der Waals surface area (Å²) < 4.78 is 26.3. The molecular weight excluding hydrogens is 773 g/mol. The Balaban J connectivity index is 1.43. The lowest BCUT2D eigenvalue weighted by atomic mass is 9.55. The summed E-state index contributed by atoms with van der Waals surface area (Å²) >= 11 is 0. The zero-order valence-electron chi connectivity index (χ0n) is 35.5. The van der Waals surface area contributed by atoms with Gasteiger partial charge in [-0.05, 0) is 109 Å². The maximum Gasteiger partial charge on any atom is 0.254 e. The number of hydrogen-bond acceptors (Lipinski definition) is 10. The summed E-state index contributed by atoms with van der Waals surface area (Å²) in [6, 6.07) is 24.1. The molecular formula is C50H58N2O9. The SMILES string of the molecule is C=CCOC12Oc3ccc(Oc4ccc(OC)c(C=O)c4)cc3C3C(CCCCO)C(CCCCO)C=C(C(=NOC)CC1N(CCC)C(=O)c1ccc4ccccc4c1)C32. The average molecular weight is 831 g/mol. The highest BCUT2D eigenvalue weighted by atomic mass is 16.7. The minimum Gasteiger partial charge on any atom is -0.496 e. The summed E-state index contributed by atoms with van der Waals surface area (Å²) in [5, 5.41) is 26.6. The highest BCUT2D eigenvalue weighted by Crippen LogP contribution is 2.62. The molecule has 1 saturated carbocycles. The van der Waals surface area contributed by atoms with Crippen LogP contribution in [-0.2, 0) is 9.57 Å². The third-order valence-electron chi connectivity index (χ3n) is 12.5. The van der Waals surface area contributed by atoms with Gasteiger partial charge in [0.25, 0.3) is 5.91 Å². The van der Waals surface area contributed by atoms with Gasteiger partial charge < -0.3 is 38.9 Å². The fourth-order valence-electron chi connectivity index (χ4n) is 9.95. The first-order chi connectivity index (χ1) is 29.8. The highest BCUT2D eigenvalue weighted by molar-refractivity contribution is 6.04. The number of hydrogen-bond donors (Lipinski definition) is 2. The van der Waals surface area contributed by atoms with Crippen molar-refractivity contribution in [2.45, 2.75) is 76.0 Å². The van der Waals surface area contributed by atoms with Crippen LogP contribution in [0.5, 0.6) is 23.0 Å². The molecule has 1 aliphatic heterocycles. The van der Waals surface area contributed by atoms with E-state index < -0.39 is 17.7 Å². The van der Waals surface area contributed by atoms with Gasteiger partial charge in [-0.1, -0.05) is 67.4 Å². The zero-order valence-corrected chi connectivity index (χ0v) is 35.5. The zero-order chi connectivity index (χ0) is 42.9. The third-order valence-corrected chi connectivity index (χ3v) is 12.5. The minimum absolute atomic E-state index is 0.0459. The second kappa shape index (κ2) is 19.9. The number of rotatable bonds is 20. The first-order valence-corrected chi connectivity index (χ1v) is 21.6. The summed E-state index contributed by atoms with van der Waals surface area (Å²) in [4.78, 5) is 34.5. The number of amides is 1. The Morgan fingerprint density at radius 1 is 0.951 bits per heavy atom. The van der Waals surface area contributed by atoms with Crippen LogP contribution in [0.1, 0.15) is 90.5 Å². The van der Waals surface area contributed by atoms with E-state index in [-0.39, 0.29) is 43.5 Å². The Bertz CT molecular complexity index is 2250. The van der Waals surface area contributed by atoms with Gasteiger partial charge in [0.15, 0.2) is 6.29 Å². The number of allylic oxidation sites excluding steroid dienone is 1. The molecule has 4 aromatic rings. The van der Waals surface area contributed by atoms with Crippen molar-refractivity contribution in [1.82, 2.24) is 4.90 Å². The van der Waals surface area contributed by atoms with Crippen molar-refractivity contribution < 1.29 is 43.6 Å². The van der Waals surface area contributed by atoms with Crippen LogP contribution in [0.15, 0.2) is 108 Å². The molecule has 6 unspecified atom stereocenters. The van der Waals surface area contributed by atoms with Crippen LogP contribution in [0, 0.1) is 17.8 Å². The Morgan fingerprint density at radius 3 is 2.43 bits per heavy atom. The van der Waals surface area contributed by atoms with Crippen molar-refractivity contribution in [3.8, 4) is 23.0 Å². The van der Waals surface area contributed by atoms with Crippen molar-refractivity contribution in [3.05, 3.63) is 120 Å². The van der Waals surface area contributed by atoms with Gasteiger partial charge in [-0.15, -0.1) is 6.58 Å². The van der Waals surface area contributed by atoms with Gasteiger partial charge >= 0.3 is 0 Å². The number of aliphatic hydroxyl groups is 2. The van der Waals surface area contributed by atoms with E-state index in [1.54, 1.807) is 31.4 Å². The van der Waals surface area contributed by atoms with Crippen LogP contribution in [0.3, 0.4) is 0 Å². The molecule has 11 heteroatoms. The fraction of sp³-hybridized carbons (Fsp3) is 0.420. The van der Waals surface area contributed by atoms with Gasteiger partial charge in [-0.3, -0.25) is 9.59 Å². The standard InChI is InChI=1S/C50H58N2O9/c1-5-23-52(49(56)36-18-17-33-13-7-8-14-34(33)27-36)46-31-43(51-58-4)41-29-35(15-9-11-24-53)40(16-10-12-25-54)47-42-30-39(60-38-19-21-44(57-3)37(28-38)32-55)20-22-45(42)61-50(46,48(41)47)59-26-6-2/h6-8,13-14,17-22,27-30,32,35,40,46-48,53-54H,2,5,9-12,15-16,23-26,31H2,1,3-4H3. The summed E-state index contributed by atoms with van der Waals surface area (Å²) in [5.41, 5.74) is 3.55. The monoisotopic (exact) mass is 830 g/mol. The quantitative estimate of drug-likeness (QED) is 0.0387. The van der Waals surface area contributed by atoms with E-state index >= 15 is 4.79 Å². The van der Waals surface area contributed by atoms with Gasteiger partial charge in [0.05, 0.1) is 30.9 Å². The number of ether oxygens (including phenoxy) is 4. The fourth-order valence-corrected chi connectivity index (χ4v) is 9.95. The van der Waals surface area contributed by atoms with Gasteiger partial charge in [0, 0.05) is 43.2 Å². The molecule has 7 rings (SSSR count). The van der Waals surface area contributed by atoms with Gasteiger partial charge in [0.1, 0.15) is 36.1 Å². The lowest BCUT2D eigenvalue weighted by Crippen LogP contribution is -2.70. The van der Waals surface area contributed by atoms with Crippen LogP contribution >= 0.6 is 0 Å². The van der Waals surface area contributed by atoms with E-state index in [0.29, 0.717) is 66.4 Å². The molecule has 6 atom stereocenters. The lowest BCUT2D eigenvalue weighted by Gasteiger charge is -2.60. The molecule has 0 bridgehead atoms. The van der Waals surface area contributed by atoms with Gasteiger partial charge in [-0.2, -0.15) is 0 Å². The Kier molecular flexibility index (Phi) is 14.2. The summed E-state index contributed by atoms with van der Waals surface area (Å²) in [7, 11) is 3.07. The highest BCUT2D eigenvalue weighted by Gasteiger charge is 2.65. The molecule has 0 saturated heterocycles. The first kappa shape index (κ1) is 43.6. The number of unbranched alkanes of at least 4 members (excludes halogenated alkanes) is 2. The number of nitrogens with zero attached hydrogens (tertiary/aromatic N) is 2. The molecule has 4 aromatic carbocycles. The van der Waals surface area contributed by atoms with E-state index in [4.69, 9.17) is 28.9 Å². The van der Waals surface area contributed by atoms with E-state index in [1.807, 2.05) is 65.6 Å². The Hall–Kier alpha value is -5.49. The molecule has 0 aromatic heterocycles. The lowest BCUT2D eigenvalue weighted by molar-refractivity contribution is -0.254. The first-order valence-electron chi connectivity index (χ1n) is 21.6. The normalized spacial score (nSPS) is 23.3. The largest absolute Gasteiger partial charge is 0.496 e. The molecule has 11 nitrogen and oxygen atoms in total. The van der Waals surface area contributed by atoms with Gasteiger partial charge in [0.2, 0.25) is 5.79 Å². The molecule has 1 fully saturated rings. The van der Waals surface area contributed by atoms with E-state index in [0.717, 1.165) is 59.6 Å². The minimum atomic E-state index is -1.38. The second-order valence-corrected chi connectivity index (χ2v) is 16.1. The number of fused-ring (bicyclic) bond motifs is 3. The van der Waals surface area contributed by atoms with Crippen molar-refractivity contribution in [2.24, 2.45) is 22.9 Å². The predicted octanol–water partition coefficient (Wildman–Crippen LogP) is 9.27. The smallest absolute Gasteiger partial charge is 0.254 e. The second-order valence-electron chi connectivity index (χ2n) is 16.1. The third kappa shape index (κ3) is 8.82. The Labute approximate surface area is 358 Å². The molecule has 1 amide bonds. The molecule has 0 spiro atoms. The van der Waals surface area contributed by atoms with Crippen LogP contribution in [-0.4, -0.2) is 85.4 Å². The van der Waals surface area contributed by atoms with Crippen molar-refractivity contribution >= 4 is 28.7 Å². The molecule has 2 N–H and O–H groups in total. The van der Waals surface area contributed by atoms with Crippen molar-refractivity contribution in [2.75, 3.05) is 40.6 Å². The summed E-state index contributed by atoms with van der Waals surface area (Å²) in [6.45, 7) is 6.89. The molecule has 3 aliphatic rings. The molecule has 0 radical (unpaired) electrons. The molecule has 2 aliphatic carbocycles. The maximum absolute atomic E-state index is 15.1. The average Bonchev–Trinajstić information content (AvgIpc) is 3.28. The van der Waals surface area contributed by atoms with Crippen LogP contribution in [0.4, 0.5) is 0 Å². The van der Waals surface area contributed by atoms with Crippen LogP contribution in [0.2, 0.25) is 0 Å². The number of aldehydes is 1. The van der Waals surface area contributed by atoms with E-state index in [9.17, 15) is 15.0 Å². The number of aliphatic hydroxyl groups excluding tert-OH is 2. The maximum atomic E-state index is 15.1.